The van der Waals surface area contributed by atoms with Gasteiger partial charge in [-0.25, -0.2) is 4.39 Å². The van der Waals surface area contributed by atoms with Crippen molar-refractivity contribution < 1.29 is 13.6 Å². The van der Waals surface area contributed by atoms with Gasteiger partial charge < -0.3 is 9.73 Å². The predicted molar refractivity (Wildman–Crippen MR) is 69.4 cm³/mol. The SMILES string of the molecule is CC(=O)c1c(Nc2ccccc2F)oc(C)cc1=O. The van der Waals surface area contributed by atoms with E-state index in [2.05, 4.69) is 5.32 Å². The molecule has 1 aromatic carbocycles. The highest BCUT2D eigenvalue weighted by atomic mass is 19.1. The zero-order valence-corrected chi connectivity index (χ0v) is 10.5. The number of hydrogen-bond donors (Lipinski definition) is 1. The number of benzene rings is 1. The molecule has 0 bridgehead atoms. The highest BCUT2D eigenvalue weighted by Crippen LogP contribution is 2.22. The van der Waals surface area contributed by atoms with Crippen LogP contribution in [0.1, 0.15) is 23.0 Å². The van der Waals surface area contributed by atoms with Crippen molar-refractivity contribution in [2.45, 2.75) is 13.8 Å². The van der Waals surface area contributed by atoms with Gasteiger partial charge in [0.15, 0.2) is 11.2 Å². The third-order valence-electron chi connectivity index (χ3n) is 2.54. The van der Waals surface area contributed by atoms with Crippen LogP contribution in [0.25, 0.3) is 0 Å². The molecule has 19 heavy (non-hydrogen) atoms. The maximum Gasteiger partial charge on any atom is 0.212 e. The first-order valence-corrected chi connectivity index (χ1v) is 5.66. The van der Waals surface area contributed by atoms with Gasteiger partial charge in [-0.1, -0.05) is 12.1 Å². The van der Waals surface area contributed by atoms with Crippen molar-refractivity contribution in [2.24, 2.45) is 0 Å². The first-order chi connectivity index (χ1) is 8.99. The lowest BCUT2D eigenvalue weighted by atomic mass is 10.1. The van der Waals surface area contributed by atoms with Crippen molar-refractivity contribution in [2.75, 3.05) is 5.32 Å². The number of aryl methyl sites for hydroxylation is 1. The van der Waals surface area contributed by atoms with E-state index in [0.29, 0.717) is 5.76 Å². The molecule has 0 amide bonds. The molecular weight excluding hydrogens is 249 g/mol. The topological polar surface area (TPSA) is 59.3 Å². The van der Waals surface area contributed by atoms with Gasteiger partial charge in [0.1, 0.15) is 17.1 Å². The fourth-order valence-electron chi connectivity index (χ4n) is 1.72. The molecule has 0 aliphatic rings. The van der Waals surface area contributed by atoms with E-state index in [4.69, 9.17) is 4.42 Å². The summed E-state index contributed by atoms with van der Waals surface area (Å²) in [5.41, 5.74) is -0.428. The van der Waals surface area contributed by atoms with E-state index in [1.165, 1.54) is 25.1 Å². The van der Waals surface area contributed by atoms with Crippen LogP contribution in [0.15, 0.2) is 39.5 Å². The summed E-state index contributed by atoms with van der Waals surface area (Å²) in [7, 11) is 0. The average molecular weight is 261 g/mol. The van der Waals surface area contributed by atoms with E-state index in [9.17, 15) is 14.0 Å². The maximum atomic E-state index is 13.5. The highest BCUT2D eigenvalue weighted by molar-refractivity contribution is 5.98. The van der Waals surface area contributed by atoms with E-state index in [1.54, 1.807) is 19.1 Å². The Morgan fingerprint density at radius 2 is 2.00 bits per heavy atom. The van der Waals surface area contributed by atoms with Crippen LogP contribution < -0.4 is 10.7 Å². The molecule has 0 unspecified atom stereocenters. The van der Waals surface area contributed by atoms with Crippen molar-refractivity contribution in [3.63, 3.8) is 0 Å². The number of rotatable bonds is 3. The molecule has 0 aliphatic heterocycles. The van der Waals surface area contributed by atoms with Crippen LogP contribution in [-0.2, 0) is 0 Å². The summed E-state index contributed by atoms with van der Waals surface area (Å²) in [6.45, 7) is 2.84. The summed E-state index contributed by atoms with van der Waals surface area (Å²) >= 11 is 0. The van der Waals surface area contributed by atoms with Gasteiger partial charge in [0, 0.05) is 6.07 Å². The number of anilines is 2. The molecular formula is C14H12FNO3. The van der Waals surface area contributed by atoms with Crippen LogP contribution in [-0.4, -0.2) is 5.78 Å². The lowest BCUT2D eigenvalue weighted by molar-refractivity contribution is 0.101. The lowest BCUT2D eigenvalue weighted by Gasteiger charge is -2.09. The van der Waals surface area contributed by atoms with Crippen LogP contribution in [0.5, 0.6) is 0 Å². The molecule has 0 aliphatic carbocycles. The molecule has 0 atom stereocenters. The number of carbonyl (C=O) groups is 1. The smallest absolute Gasteiger partial charge is 0.212 e. The molecule has 0 radical (unpaired) electrons. The number of para-hydroxylation sites is 1. The molecule has 98 valence electrons. The lowest BCUT2D eigenvalue weighted by Crippen LogP contribution is -2.15. The second-order valence-corrected chi connectivity index (χ2v) is 4.09. The van der Waals surface area contributed by atoms with Crippen molar-refractivity contribution in [3.05, 3.63) is 57.7 Å². The highest BCUT2D eigenvalue weighted by Gasteiger charge is 2.16. The molecule has 2 aromatic rings. The van der Waals surface area contributed by atoms with E-state index in [-0.39, 0.29) is 17.1 Å². The predicted octanol–water partition coefficient (Wildman–Crippen LogP) is 3.03. The van der Waals surface area contributed by atoms with Gasteiger partial charge in [0.2, 0.25) is 5.88 Å². The van der Waals surface area contributed by atoms with Crippen LogP contribution in [0.2, 0.25) is 0 Å². The van der Waals surface area contributed by atoms with E-state index < -0.39 is 17.0 Å². The molecule has 5 heteroatoms. The molecule has 1 aromatic heterocycles. The summed E-state index contributed by atoms with van der Waals surface area (Å²) in [5, 5.41) is 2.64. The van der Waals surface area contributed by atoms with Gasteiger partial charge in [-0.15, -0.1) is 0 Å². The largest absolute Gasteiger partial charge is 0.445 e. The third-order valence-corrected chi connectivity index (χ3v) is 2.54. The normalized spacial score (nSPS) is 10.3. The Labute approximate surface area is 108 Å². The zero-order valence-electron chi connectivity index (χ0n) is 10.5. The Morgan fingerprint density at radius 3 is 2.63 bits per heavy atom. The molecule has 0 saturated carbocycles. The maximum absolute atomic E-state index is 13.5. The molecule has 1 N–H and O–H groups in total. The summed E-state index contributed by atoms with van der Waals surface area (Å²) in [6, 6.07) is 7.15. The minimum Gasteiger partial charge on any atom is -0.445 e. The number of hydrogen-bond acceptors (Lipinski definition) is 4. The molecule has 0 saturated heterocycles. The number of halogens is 1. The standard InChI is InChI=1S/C14H12FNO3/c1-8-7-12(18)13(9(2)17)14(19-8)16-11-6-4-3-5-10(11)15/h3-7,16H,1-2H3. The van der Waals surface area contributed by atoms with Crippen LogP contribution in [0.4, 0.5) is 16.0 Å². The molecule has 0 fully saturated rings. The number of nitrogens with one attached hydrogen (secondary N) is 1. The van der Waals surface area contributed by atoms with E-state index in [0.717, 1.165) is 0 Å². The second-order valence-electron chi connectivity index (χ2n) is 4.09. The number of carbonyl (C=O) groups excluding carboxylic acids is 1. The summed E-state index contributed by atoms with van der Waals surface area (Å²) in [5.74, 6) is -0.634. The van der Waals surface area contributed by atoms with Crippen LogP contribution in [0, 0.1) is 12.7 Å². The first kappa shape index (κ1) is 13.0. The van der Waals surface area contributed by atoms with E-state index >= 15 is 0 Å². The van der Waals surface area contributed by atoms with Gasteiger partial charge in [0.05, 0.1) is 5.69 Å². The Kier molecular flexibility index (Phi) is 3.46. The van der Waals surface area contributed by atoms with Gasteiger partial charge in [0.25, 0.3) is 0 Å². The zero-order chi connectivity index (χ0) is 14.0. The molecule has 1 heterocycles. The number of ketones is 1. The Balaban J connectivity index is 2.54. The molecule has 4 nitrogen and oxygen atoms in total. The molecule has 2 rings (SSSR count). The van der Waals surface area contributed by atoms with Crippen LogP contribution in [0.3, 0.4) is 0 Å². The van der Waals surface area contributed by atoms with Crippen molar-refractivity contribution >= 4 is 17.4 Å². The Morgan fingerprint density at radius 1 is 1.32 bits per heavy atom. The van der Waals surface area contributed by atoms with Gasteiger partial charge in [-0.3, -0.25) is 9.59 Å². The third kappa shape index (κ3) is 2.70. The summed E-state index contributed by atoms with van der Waals surface area (Å²) < 4.78 is 18.9. The fourth-order valence-corrected chi connectivity index (χ4v) is 1.72. The van der Waals surface area contributed by atoms with Crippen molar-refractivity contribution in [1.82, 2.24) is 0 Å². The number of Topliss-reactive ketones (excluding diaryl/α,β-unsaturated/α-hetero) is 1. The van der Waals surface area contributed by atoms with Crippen molar-refractivity contribution in [1.29, 1.82) is 0 Å². The summed E-state index contributed by atoms with van der Waals surface area (Å²) in [6.07, 6.45) is 0. The summed E-state index contributed by atoms with van der Waals surface area (Å²) in [4.78, 5) is 23.2. The fraction of sp³-hybridized carbons (Fsp3) is 0.143. The first-order valence-electron chi connectivity index (χ1n) is 5.66. The minimum atomic E-state index is -0.499. The van der Waals surface area contributed by atoms with Crippen LogP contribution >= 0.6 is 0 Å². The van der Waals surface area contributed by atoms with Gasteiger partial charge in [-0.05, 0) is 26.0 Å². The second kappa shape index (κ2) is 5.06. The Bertz CT molecular complexity index is 691. The average Bonchev–Trinajstić information content (AvgIpc) is 2.30. The van der Waals surface area contributed by atoms with E-state index in [1.807, 2.05) is 0 Å². The molecule has 0 spiro atoms. The monoisotopic (exact) mass is 261 g/mol. The minimum absolute atomic E-state index is 0.0393. The van der Waals surface area contributed by atoms with Crippen molar-refractivity contribution in [3.8, 4) is 0 Å². The van der Waals surface area contributed by atoms with Gasteiger partial charge >= 0.3 is 0 Å². The van der Waals surface area contributed by atoms with Gasteiger partial charge in [-0.2, -0.15) is 0 Å². The quantitative estimate of drug-likeness (QED) is 0.863. The Hall–Kier alpha value is -2.43.